The van der Waals surface area contributed by atoms with Gasteiger partial charge in [0.25, 0.3) is 0 Å². The SMILES string of the molecule is CCCCCCCc1ncncn1. The third-order valence-corrected chi connectivity index (χ3v) is 2.05. The maximum atomic E-state index is 4.07. The molecule has 3 nitrogen and oxygen atoms in total. The van der Waals surface area contributed by atoms with Crippen molar-refractivity contribution >= 4 is 0 Å². The number of aromatic nitrogens is 3. The summed E-state index contributed by atoms with van der Waals surface area (Å²) in [5.41, 5.74) is 0. The fraction of sp³-hybridized carbons (Fsp3) is 0.700. The third-order valence-electron chi connectivity index (χ3n) is 2.05. The van der Waals surface area contributed by atoms with Crippen molar-refractivity contribution in [1.82, 2.24) is 15.0 Å². The van der Waals surface area contributed by atoms with Crippen molar-refractivity contribution in [3.05, 3.63) is 18.5 Å². The van der Waals surface area contributed by atoms with Crippen LogP contribution in [0.2, 0.25) is 0 Å². The van der Waals surface area contributed by atoms with E-state index in [9.17, 15) is 0 Å². The van der Waals surface area contributed by atoms with E-state index in [2.05, 4.69) is 21.9 Å². The maximum Gasteiger partial charge on any atom is 0.131 e. The monoisotopic (exact) mass is 179 g/mol. The van der Waals surface area contributed by atoms with Gasteiger partial charge in [-0.15, -0.1) is 0 Å². The first-order chi connectivity index (χ1) is 6.43. The van der Waals surface area contributed by atoms with Gasteiger partial charge in [-0.3, -0.25) is 0 Å². The molecule has 0 aliphatic heterocycles. The Kier molecular flexibility index (Phi) is 5.06. The molecule has 0 saturated heterocycles. The van der Waals surface area contributed by atoms with Gasteiger partial charge < -0.3 is 0 Å². The average Bonchev–Trinajstić information content (AvgIpc) is 2.19. The normalized spacial score (nSPS) is 10.2. The number of rotatable bonds is 6. The summed E-state index contributed by atoms with van der Waals surface area (Å²) in [6, 6.07) is 0. The number of hydrogen-bond acceptors (Lipinski definition) is 3. The van der Waals surface area contributed by atoms with Crippen molar-refractivity contribution in [2.75, 3.05) is 0 Å². The fourth-order valence-electron chi connectivity index (χ4n) is 1.28. The van der Waals surface area contributed by atoms with Crippen LogP contribution in [0.5, 0.6) is 0 Å². The molecule has 0 aliphatic carbocycles. The zero-order valence-corrected chi connectivity index (χ0v) is 8.24. The first kappa shape index (κ1) is 10.1. The molecule has 1 aromatic heterocycles. The van der Waals surface area contributed by atoms with Gasteiger partial charge in [-0.05, 0) is 6.42 Å². The van der Waals surface area contributed by atoms with Crippen molar-refractivity contribution in [3.63, 3.8) is 0 Å². The van der Waals surface area contributed by atoms with E-state index in [1.165, 1.54) is 32.1 Å². The summed E-state index contributed by atoms with van der Waals surface area (Å²) in [5.74, 6) is 0.923. The van der Waals surface area contributed by atoms with Crippen LogP contribution in [0, 0.1) is 0 Å². The zero-order valence-electron chi connectivity index (χ0n) is 8.24. The van der Waals surface area contributed by atoms with Gasteiger partial charge in [0.1, 0.15) is 18.5 Å². The smallest absolute Gasteiger partial charge is 0.131 e. The van der Waals surface area contributed by atoms with Crippen LogP contribution >= 0.6 is 0 Å². The van der Waals surface area contributed by atoms with Gasteiger partial charge in [0, 0.05) is 6.42 Å². The molecule has 0 N–H and O–H groups in total. The third kappa shape index (κ3) is 4.55. The summed E-state index contributed by atoms with van der Waals surface area (Å²) in [6.45, 7) is 2.23. The van der Waals surface area contributed by atoms with E-state index in [-0.39, 0.29) is 0 Å². The minimum Gasteiger partial charge on any atom is -0.225 e. The Morgan fingerprint density at radius 2 is 1.69 bits per heavy atom. The summed E-state index contributed by atoms with van der Waals surface area (Å²) in [6.07, 6.45) is 10.6. The van der Waals surface area contributed by atoms with Gasteiger partial charge in [-0.2, -0.15) is 0 Å². The number of aryl methyl sites for hydroxylation is 1. The Balaban J connectivity index is 2.07. The standard InChI is InChI=1S/C10H17N3/c1-2-3-4-5-6-7-10-12-8-11-9-13-10/h8-9H,2-7H2,1H3. The van der Waals surface area contributed by atoms with Crippen molar-refractivity contribution < 1.29 is 0 Å². The van der Waals surface area contributed by atoms with E-state index in [0.29, 0.717) is 0 Å². The molecule has 0 amide bonds. The summed E-state index contributed by atoms with van der Waals surface area (Å²) >= 11 is 0. The Morgan fingerprint density at radius 1 is 1.00 bits per heavy atom. The molecule has 0 aliphatic rings. The van der Waals surface area contributed by atoms with Crippen LogP contribution in [-0.4, -0.2) is 15.0 Å². The van der Waals surface area contributed by atoms with Gasteiger partial charge in [0.15, 0.2) is 0 Å². The van der Waals surface area contributed by atoms with Gasteiger partial charge in [0.2, 0.25) is 0 Å². The Hall–Kier alpha value is -0.990. The van der Waals surface area contributed by atoms with Crippen molar-refractivity contribution in [2.24, 2.45) is 0 Å². The van der Waals surface area contributed by atoms with Crippen molar-refractivity contribution in [2.45, 2.75) is 45.4 Å². The van der Waals surface area contributed by atoms with Crippen LogP contribution in [0.15, 0.2) is 12.7 Å². The lowest BCUT2D eigenvalue weighted by atomic mass is 10.1. The Morgan fingerprint density at radius 3 is 2.38 bits per heavy atom. The van der Waals surface area contributed by atoms with Crippen molar-refractivity contribution in [3.8, 4) is 0 Å². The lowest BCUT2D eigenvalue weighted by Gasteiger charge is -1.98. The summed E-state index contributed by atoms with van der Waals surface area (Å²) < 4.78 is 0. The molecule has 1 aromatic rings. The van der Waals surface area contributed by atoms with Crippen LogP contribution in [0.25, 0.3) is 0 Å². The molecule has 0 bridgehead atoms. The molecule has 1 heterocycles. The van der Waals surface area contributed by atoms with Crippen LogP contribution < -0.4 is 0 Å². The van der Waals surface area contributed by atoms with Crippen LogP contribution in [0.1, 0.15) is 44.9 Å². The molecule has 0 spiro atoms. The molecule has 3 heteroatoms. The average molecular weight is 179 g/mol. The molecule has 0 saturated carbocycles. The predicted molar refractivity (Wildman–Crippen MR) is 52.3 cm³/mol. The minimum absolute atomic E-state index is 0.923. The van der Waals surface area contributed by atoms with E-state index in [4.69, 9.17) is 0 Å². The molecule has 0 fully saturated rings. The van der Waals surface area contributed by atoms with Gasteiger partial charge >= 0.3 is 0 Å². The highest BCUT2D eigenvalue weighted by atomic mass is 15.0. The molecule has 1 rings (SSSR count). The van der Waals surface area contributed by atoms with Crippen molar-refractivity contribution in [1.29, 1.82) is 0 Å². The highest BCUT2D eigenvalue weighted by Crippen LogP contribution is 2.04. The zero-order chi connectivity index (χ0) is 9.36. The molecule has 0 atom stereocenters. The Bertz CT molecular complexity index is 211. The second kappa shape index (κ2) is 6.52. The first-order valence-electron chi connectivity index (χ1n) is 5.04. The van der Waals surface area contributed by atoms with Gasteiger partial charge in [-0.25, -0.2) is 15.0 Å². The van der Waals surface area contributed by atoms with E-state index in [1.807, 2.05) is 0 Å². The summed E-state index contributed by atoms with van der Waals surface area (Å²) in [5, 5.41) is 0. The number of unbranched alkanes of at least 4 members (excludes halogenated alkanes) is 4. The van der Waals surface area contributed by atoms with Gasteiger partial charge in [-0.1, -0.05) is 32.6 Å². The van der Waals surface area contributed by atoms with Crippen LogP contribution in [0.3, 0.4) is 0 Å². The minimum atomic E-state index is 0.923. The van der Waals surface area contributed by atoms with Crippen LogP contribution in [-0.2, 0) is 6.42 Å². The van der Waals surface area contributed by atoms with Crippen LogP contribution in [0.4, 0.5) is 0 Å². The topological polar surface area (TPSA) is 38.7 Å². The summed E-state index contributed by atoms with van der Waals surface area (Å²) in [7, 11) is 0. The molecule has 0 unspecified atom stereocenters. The molecular formula is C10H17N3. The first-order valence-corrected chi connectivity index (χ1v) is 5.04. The lowest BCUT2D eigenvalue weighted by Crippen LogP contribution is -1.94. The quantitative estimate of drug-likeness (QED) is 0.629. The van der Waals surface area contributed by atoms with E-state index < -0.39 is 0 Å². The molecule has 72 valence electrons. The highest BCUT2D eigenvalue weighted by Gasteiger charge is 1.94. The molecular weight excluding hydrogens is 162 g/mol. The predicted octanol–water partition coefficient (Wildman–Crippen LogP) is 2.38. The molecule has 0 radical (unpaired) electrons. The largest absolute Gasteiger partial charge is 0.225 e. The second-order valence-corrected chi connectivity index (χ2v) is 3.22. The number of nitrogens with zero attached hydrogens (tertiary/aromatic N) is 3. The fourth-order valence-corrected chi connectivity index (χ4v) is 1.28. The van der Waals surface area contributed by atoms with E-state index in [1.54, 1.807) is 12.7 Å². The molecule has 0 aromatic carbocycles. The highest BCUT2D eigenvalue weighted by molar-refractivity contribution is 4.80. The molecule has 13 heavy (non-hydrogen) atoms. The number of hydrogen-bond donors (Lipinski definition) is 0. The maximum absolute atomic E-state index is 4.07. The second-order valence-electron chi connectivity index (χ2n) is 3.22. The van der Waals surface area contributed by atoms with E-state index in [0.717, 1.165) is 12.2 Å². The lowest BCUT2D eigenvalue weighted by molar-refractivity contribution is 0.621. The summed E-state index contributed by atoms with van der Waals surface area (Å²) in [4.78, 5) is 11.9. The Labute approximate surface area is 79.6 Å². The van der Waals surface area contributed by atoms with Gasteiger partial charge in [0.05, 0.1) is 0 Å². The van der Waals surface area contributed by atoms with E-state index >= 15 is 0 Å².